The van der Waals surface area contributed by atoms with Crippen molar-refractivity contribution in [3.8, 4) is 11.5 Å². The van der Waals surface area contributed by atoms with Crippen molar-refractivity contribution in [2.75, 3.05) is 6.61 Å². The predicted octanol–water partition coefficient (Wildman–Crippen LogP) is 1.58. The van der Waals surface area contributed by atoms with E-state index in [1.54, 1.807) is 18.2 Å². The van der Waals surface area contributed by atoms with Gasteiger partial charge in [-0.15, -0.1) is 0 Å². The van der Waals surface area contributed by atoms with Crippen molar-refractivity contribution < 1.29 is 28.1 Å². The van der Waals surface area contributed by atoms with Gasteiger partial charge in [-0.3, -0.25) is 0 Å². The molecule has 3 aromatic heterocycles. The van der Waals surface area contributed by atoms with Gasteiger partial charge in [0.15, 0.2) is 11.9 Å². The number of alkyl halides is 2. The maximum Gasteiger partial charge on any atom is 0.320 e. The largest absolute Gasteiger partial charge is 0.463 e. The zero-order valence-corrected chi connectivity index (χ0v) is 12.2. The number of halogens is 2. The zero-order chi connectivity index (χ0) is 16.9. The van der Waals surface area contributed by atoms with E-state index in [0.29, 0.717) is 16.8 Å². The van der Waals surface area contributed by atoms with E-state index < -0.39 is 31.0 Å². The minimum absolute atomic E-state index is 0.215. The molecule has 24 heavy (non-hydrogen) atoms. The standard InChI is InChI=1S/C15H13F2N3O4/c16-15(17)12(22)10(6-21)24-14(15)20-4-3-8-11(9-2-1-5-23-9)18-7-19-13(8)20/h1-5,7,10,12,14,21-22H,6H2/t10-,12-,14-/m1/s1. The van der Waals surface area contributed by atoms with Gasteiger partial charge in [-0.2, -0.15) is 8.78 Å². The van der Waals surface area contributed by atoms with E-state index in [9.17, 15) is 13.9 Å². The molecule has 2 N–H and O–H groups in total. The Morgan fingerprint density at radius 1 is 1.29 bits per heavy atom. The minimum Gasteiger partial charge on any atom is -0.463 e. The summed E-state index contributed by atoms with van der Waals surface area (Å²) in [5.74, 6) is -3.10. The first-order valence-electron chi connectivity index (χ1n) is 7.21. The fourth-order valence-corrected chi connectivity index (χ4v) is 2.89. The minimum atomic E-state index is -3.57. The Hall–Kier alpha value is -2.36. The molecule has 1 aliphatic rings. The molecule has 0 spiro atoms. The number of nitrogens with zero attached hydrogens (tertiary/aromatic N) is 3. The molecule has 4 heterocycles. The van der Waals surface area contributed by atoms with Crippen LogP contribution in [0.1, 0.15) is 6.23 Å². The van der Waals surface area contributed by atoms with E-state index in [0.717, 1.165) is 4.57 Å². The SMILES string of the molecule is OC[C@H]1O[C@@H](n2ccc3c(-c4ccco4)ncnc32)C(F)(F)[C@@H]1O. The maximum atomic E-state index is 14.3. The summed E-state index contributed by atoms with van der Waals surface area (Å²) in [4.78, 5) is 8.19. The molecule has 0 saturated carbocycles. The van der Waals surface area contributed by atoms with Crippen molar-refractivity contribution in [1.82, 2.24) is 14.5 Å². The lowest BCUT2D eigenvalue weighted by molar-refractivity contribution is -0.138. The molecule has 0 bridgehead atoms. The molecule has 0 amide bonds. The Balaban J connectivity index is 1.83. The summed E-state index contributed by atoms with van der Waals surface area (Å²) in [5.41, 5.74) is 0.677. The number of hydrogen-bond acceptors (Lipinski definition) is 6. The average Bonchev–Trinajstić information content (AvgIpc) is 3.28. The molecular formula is C15H13F2N3O4. The summed E-state index contributed by atoms with van der Waals surface area (Å²) in [7, 11) is 0. The highest BCUT2D eigenvalue weighted by atomic mass is 19.3. The summed E-state index contributed by atoms with van der Waals surface area (Å²) in [6.07, 6.45) is -1.14. The molecule has 7 nitrogen and oxygen atoms in total. The van der Waals surface area contributed by atoms with Gasteiger partial charge in [0.25, 0.3) is 0 Å². The lowest BCUT2D eigenvalue weighted by atomic mass is 10.1. The van der Waals surface area contributed by atoms with Crippen LogP contribution in [0.25, 0.3) is 22.5 Å². The van der Waals surface area contributed by atoms with Gasteiger partial charge >= 0.3 is 5.92 Å². The molecule has 3 atom stereocenters. The molecule has 0 radical (unpaired) electrons. The van der Waals surface area contributed by atoms with Gasteiger partial charge in [-0.1, -0.05) is 0 Å². The smallest absolute Gasteiger partial charge is 0.320 e. The normalized spacial score (nSPS) is 26.2. The highest BCUT2D eigenvalue weighted by Gasteiger charge is 2.59. The monoisotopic (exact) mass is 337 g/mol. The third kappa shape index (κ3) is 2.05. The maximum absolute atomic E-state index is 14.3. The summed E-state index contributed by atoms with van der Waals surface area (Å²) in [6, 6.07) is 4.97. The quantitative estimate of drug-likeness (QED) is 0.754. The van der Waals surface area contributed by atoms with Crippen molar-refractivity contribution in [1.29, 1.82) is 0 Å². The number of hydrogen-bond donors (Lipinski definition) is 2. The Morgan fingerprint density at radius 2 is 2.12 bits per heavy atom. The number of aliphatic hydroxyl groups is 2. The molecule has 0 aliphatic carbocycles. The molecule has 126 valence electrons. The van der Waals surface area contributed by atoms with Gasteiger partial charge in [0.1, 0.15) is 23.8 Å². The van der Waals surface area contributed by atoms with Crippen molar-refractivity contribution in [2.24, 2.45) is 0 Å². The van der Waals surface area contributed by atoms with Crippen LogP contribution in [0.5, 0.6) is 0 Å². The summed E-state index contributed by atoms with van der Waals surface area (Å²) in [5, 5.41) is 19.3. The number of ether oxygens (including phenoxy) is 1. The predicted molar refractivity (Wildman–Crippen MR) is 77.2 cm³/mol. The van der Waals surface area contributed by atoms with Crippen LogP contribution < -0.4 is 0 Å². The highest BCUT2D eigenvalue weighted by molar-refractivity contribution is 5.89. The Labute approximate surface area is 134 Å². The fraction of sp³-hybridized carbons (Fsp3) is 0.333. The first-order chi connectivity index (χ1) is 11.5. The number of fused-ring (bicyclic) bond motifs is 1. The number of furan rings is 1. The first-order valence-corrected chi connectivity index (χ1v) is 7.21. The second-order valence-corrected chi connectivity index (χ2v) is 5.49. The third-order valence-electron chi connectivity index (χ3n) is 4.08. The fourth-order valence-electron chi connectivity index (χ4n) is 2.89. The number of aromatic nitrogens is 3. The first kappa shape index (κ1) is 15.2. The molecule has 4 rings (SSSR count). The summed E-state index contributed by atoms with van der Waals surface area (Å²) in [6.45, 7) is -0.709. The molecular weight excluding hydrogens is 324 g/mol. The molecule has 1 saturated heterocycles. The van der Waals surface area contributed by atoms with Crippen LogP contribution in [-0.4, -0.2) is 49.5 Å². The van der Waals surface area contributed by atoms with Gasteiger partial charge in [0.05, 0.1) is 12.9 Å². The van der Waals surface area contributed by atoms with Crippen molar-refractivity contribution >= 4 is 11.0 Å². The van der Waals surface area contributed by atoms with Crippen LogP contribution >= 0.6 is 0 Å². The van der Waals surface area contributed by atoms with Gasteiger partial charge < -0.3 is 23.9 Å². The van der Waals surface area contributed by atoms with E-state index >= 15 is 0 Å². The van der Waals surface area contributed by atoms with E-state index in [1.165, 1.54) is 18.8 Å². The number of rotatable bonds is 3. The number of aliphatic hydroxyl groups excluding tert-OH is 2. The molecule has 1 fully saturated rings. The molecule has 1 aliphatic heterocycles. The van der Waals surface area contributed by atoms with Crippen LogP contribution in [0.2, 0.25) is 0 Å². The second kappa shape index (κ2) is 5.33. The summed E-state index contributed by atoms with van der Waals surface area (Å²) < 4.78 is 40.3. The lowest BCUT2D eigenvalue weighted by Gasteiger charge is -2.21. The highest BCUT2D eigenvalue weighted by Crippen LogP contribution is 2.44. The van der Waals surface area contributed by atoms with Crippen LogP contribution in [-0.2, 0) is 4.74 Å². The zero-order valence-electron chi connectivity index (χ0n) is 12.2. The van der Waals surface area contributed by atoms with Crippen LogP contribution in [0.3, 0.4) is 0 Å². The van der Waals surface area contributed by atoms with E-state index in [4.69, 9.17) is 14.3 Å². The van der Waals surface area contributed by atoms with Crippen molar-refractivity contribution in [3.63, 3.8) is 0 Å². The molecule has 0 aromatic carbocycles. The van der Waals surface area contributed by atoms with Crippen molar-refractivity contribution in [2.45, 2.75) is 24.4 Å². The van der Waals surface area contributed by atoms with Gasteiger partial charge in [0.2, 0.25) is 6.23 Å². The van der Waals surface area contributed by atoms with Crippen LogP contribution in [0.15, 0.2) is 41.4 Å². The van der Waals surface area contributed by atoms with E-state index in [-0.39, 0.29) is 5.65 Å². The topological polar surface area (TPSA) is 93.5 Å². The van der Waals surface area contributed by atoms with Gasteiger partial charge in [-0.25, -0.2) is 9.97 Å². The third-order valence-corrected chi connectivity index (χ3v) is 4.08. The van der Waals surface area contributed by atoms with Crippen LogP contribution in [0.4, 0.5) is 8.78 Å². The Bertz CT molecular complexity index is 865. The van der Waals surface area contributed by atoms with Crippen LogP contribution in [0, 0.1) is 0 Å². The van der Waals surface area contributed by atoms with E-state index in [1.807, 2.05) is 0 Å². The molecule has 9 heteroatoms. The Morgan fingerprint density at radius 3 is 2.79 bits per heavy atom. The van der Waals surface area contributed by atoms with Gasteiger partial charge in [-0.05, 0) is 18.2 Å². The Kier molecular flexibility index (Phi) is 3.37. The summed E-state index contributed by atoms with van der Waals surface area (Å²) >= 11 is 0. The van der Waals surface area contributed by atoms with Gasteiger partial charge in [0, 0.05) is 11.6 Å². The van der Waals surface area contributed by atoms with Crippen molar-refractivity contribution in [3.05, 3.63) is 37.0 Å². The molecule has 3 aromatic rings. The lowest BCUT2D eigenvalue weighted by Crippen LogP contribution is -2.39. The second-order valence-electron chi connectivity index (χ2n) is 5.49. The average molecular weight is 337 g/mol. The van der Waals surface area contributed by atoms with E-state index in [2.05, 4.69) is 9.97 Å². The molecule has 0 unspecified atom stereocenters.